The number of aromatic nitrogens is 2. The molecule has 1 amide bonds. The molecule has 1 aliphatic heterocycles. The van der Waals surface area contributed by atoms with Gasteiger partial charge < -0.3 is 16.0 Å². The maximum atomic E-state index is 11.8. The minimum atomic E-state index is -0.149. The van der Waals surface area contributed by atoms with Crippen molar-refractivity contribution in [2.24, 2.45) is 5.92 Å². The van der Waals surface area contributed by atoms with Crippen LogP contribution >= 0.6 is 0 Å². The molecule has 0 aromatic carbocycles. The zero-order valence-electron chi connectivity index (χ0n) is 10.1. The molecule has 1 unspecified atom stereocenters. The van der Waals surface area contributed by atoms with Gasteiger partial charge in [0.1, 0.15) is 11.4 Å². The number of carbonyl (C=O) groups excluding carboxylic acids is 1. The quantitative estimate of drug-likeness (QED) is 0.694. The van der Waals surface area contributed by atoms with Gasteiger partial charge in [-0.05, 0) is 32.4 Å². The topological polar surface area (TPSA) is 87.0 Å². The minimum Gasteiger partial charge on any atom is -0.383 e. The van der Waals surface area contributed by atoms with Gasteiger partial charge in [-0.1, -0.05) is 0 Å². The highest BCUT2D eigenvalue weighted by molar-refractivity contribution is 5.98. The lowest BCUT2D eigenvalue weighted by molar-refractivity contribution is 0.0938. The lowest BCUT2D eigenvalue weighted by Crippen LogP contribution is -2.39. The van der Waals surface area contributed by atoms with Crippen LogP contribution in [0.15, 0.2) is 6.20 Å². The van der Waals surface area contributed by atoms with Gasteiger partial charge in [-0.15, -0.1) is 0 Å². The molecule has 1 aromatic rings. The van der Waals surface area contributed by atoms with Crippen molar-refractivity contribution in [3.63, 3.8) is 0 Å². The lowest BCUT2D eigenvalue weighted by Gasteiger charge is -2.29. The number of amides is 1. The number of H-pyrrole nitrogens is 1. The first kappa shape index (κ1) is 11.9. The van der Waals surface area contributed by atoms with Crippen molar-refractivity contribution in [2.45, 2.75) is 12.8 Å². The Morgan fingerprint density at radius 2 is 2.59 bits per heavy atom. The second-order valence-electron chi connectivity index (χ2n) is 4.68. The van der Waals surface area contributed by atoms with Gasteiger partial charge >= 0.3 is 0 Å². The molecular formula is C11H19N5O. The number of anilines is 1. The van der Waals surface area contributed by atoms with Crippen LogP contribution in [0.3, 0.4) is 0 Å². The number of carbonyl (C=O) groups is 1. The van der Waals surface area contributed by atoms with Crippen molar-refractivity contribution < 1.29 is 4.79 Å². The molecule has 1 saturated heterocycles. The lowest BCUT2D eigenvalue weighted by atomic mass is 9.98. The van der Waals surface area contributed by atoms with Crippen molar-refractivity contribution in [2.75, 3.05) is 32.4 Å². The predicted octanol–water partition coefficient (Wildman–Crippen LogP) is 0.0635. The molecule has 1 fully saturated rings. The van der Waals surface area contributed by atoms with E-state index in [4.69, 9.17) is 5.73 Å². The third-order valence-electron chi connectivity index (χ3n) is 3.19. The number of likely N-dealkylation sites (tertiary alicyclic amines) is 1. The molecule has 17 heavy (non-hydrogen) atoms. The second kappa shape index (κ2) is 5.18. The van der Waals surface area contributed by atoms with E-state index in [9.17, 15) is 4.79 Å². The van der Waals surface area contributed by atoms with Gasteiger partial charge in [-0.25, -0.2) is 0 Å². The van der Waals surface area contributed by atoms with E-state index in [1.54, 1.807) is 0 Å². The summed E-state index contributed by atoms with van der Waals surface area (Å²) >= 11 is 0. The second-order valence-corrected chi connectivity index (χ2v) is 4.68. The number of nitrogens with zero attached hydrogens (tertiary/aromatic N) is 2. The average molecular weight is 237 g/mol. The molecule has 0 saturated carbocycles. The summed E-state index contributed by atoms with van der Waals surface area (Å²) in [5, 5.41) is 9.19. The number of piperidine rings is 1. The minimum absolute atomic E-state index is 0.149. The van der Waals surface area contributed by atoms with Crippen molar-refractivity contribution in [3.05, 3.63) is 11.8 Å². The Labute approximate surface area is 101 Å². The molecular weight excluding hydrogens is 218 g/mol. The molecule has 6 heteroatoms. The third-order valence-corrected chi connectivity index (χ3v) is 3.19. The maximum absolute atomic E-state index is 11.8. The van der Waals surface area contributed by atoms with E-state index >= 15 is 0 Å². The number of hydrogen-bond acceptors (Lipinski definition) is 4. The SMILES string of the molecule is CN1CCCC(CNC(=O)c2cn[nH]c2N)C1. The monoisotopic (exact) mass is 237 g/mol. The Morgan fingerprint density at radius 1 is 1.76 bits per heavy atom. The van der Waals surface area contributed by atoms with E-state index < -0.39 is 0 Å². The zero-order chi connectivity index (χ0) is 12.3. The van der Waals surface area contributed by atoms with Crippen molar-refractivity contribution in [1.29, 1.82) is 0 Å². The van der Waals surface area contributed by atoms with Gasteiger partial charge in [-0.2, -0.15) is 5.10 Å². The van der Waals surface area contributed by atoms with Gasteiger partial charge in [-0.3, -0.25) is 9.89 Å². The third kappa shape index (κ3) is 2.97. The first-order valence-electron chi connectivity index (χ1n) is 5.92. The van der Waals surface area contributed by atoms with Crippen LogP contribution < -0.4 is 11.1 Å². The first-order valence-corrected chi connectivity index (χ1v) is 5.92. The molecule has 2 rings (SSSR count). The standard InChI is InChI=1S/C11H19N5O/c1-16-4-2-3-8(7-16)5-13-11(17)9-6-14-15-10(9)12/h6,8H,2-5,7H2,1H3,(H,13,17)(H3,12,14,15). The molecule has 0 aliphatic carbocycles. The van der Waals surface area contributed by atoms with E-state index in [1.807, 2.05) is 0 Å². The van der Waals surface area contributed by atoms with E-state index in [0.29, 0.717) is 23.8 Å². The molecule has 0 radical (unpaired) electrons. The van der Waals surface area contributed by atoms with Crippen molar-refractivity contribution >= 4 is 11.7 Å². The summed E-state index contributed by atoms with van der Waals surface area (Å²) in [5.74, 6) is 0.707. The van der Waals surface area contributed by atoms with Crippen LogP contribution in [-0.4, -0.2) is 47.7 Å². The van der Waals surface area contributed by atoms with Crippen molar-refractivity contribution in [1.82, 2.24) is 20.4 Å². The molecule has 94 valence electrons. The Kier molecular flexibility index (Phi) is 3.63. The normalized spacial score (nSPS) is 21.4. The fourth-order valence-corrected chi connectivity index (χ4v) is 2.25. The van der Waals surface area contributed by atoms with E-state index in [0.717, 1.165) is 13.1 Å². The predicted molar refractivity (Wildman–Crippen MR) is 65.6 cm³/mol. The number of aromatic amines is 1. The van der Waals surface area contributed by atoms with Gasteiger partial charge in [0.05, 0.1) is 6.20 Å². The van der Waals surface area contributed by atoms with Crippen LogP contribution in [0.25, 0.3) is 0 Å². The smallest absolute Gasteiger partial charge is 0.256 e. The Balaban J connectivity index is 1.82. The van der Waals surface area contributed by atoms with Gasteiger partial charge in [0.2, 0.25) is 0 Å². The summed E-state index contributed by atoms with van der Waals surface area (Å²) in [6.07, 6.45) is 3.83. The highest BCUT2D eigenvalue weighted by Crippen LogP contribution is 2.14. The van der Waals surface area contributed by atoms with Crippen LogP contribution in [0.1, 0.15) is 23.2 Å². The van der Waals surface area contributed by atoms with Gasteiger partial charge in [0.25, 0.3) is 5.91 Å². The highest BCUT2D eigenvalue weighted by atomic mass is 16.1. The molecule has 1 aromatic heterocycles. The van der Waals surface area contributed by atoms with E-state index in [2.05, 4.69) is 27.5 Å². The summed E-state index contributed by atoms with van der Waals surface area (Å²) in [7, 11) is 2.11. The fourth-order valence-electron chi connectivity index (χ4n) is 2.25. The largest absolute Gasteiger partial charge is 0.383 e. The van der Waals surface area contributed by atoms with Gasteiger partial charge in [0.15, 0.2) is 0 Å². The van der Waals surface area contributed by atoms with Crippen LogP contribution in [0.5, 0.6) is 0 Å². The van der Waals surface area contributed by atoms with Crippen molar-refractivity contribution in [3.8, 4) is 0 Å². The van der Waals surface area contributed by atoms with Crippen LogP contribution in [0, 0.1) is 5.92 Å². The summed E-state index contributed by atoms with van der Waals surface area (Å²) in [6, 6.07) is 0. The van der Waals surface area contributed by atoms with Crippen LogP contribution in [-0.2, 0) is 0 Å². The molecule has 0 bridgehead atoms. The molecule has 2 heterocycles. The summed E-state index contributed by atoms with van der Waals surface area (Å²) in [4.78, 5) is 14.1. The van der Waals surface area contributed by atoms with E-state index in [-0.39, 0.29) is 5.91 Å². The molecule has 6 nitrogen and oxygen atoms in total. The van der Waals surface area contributed by atoms with Crippen LogP contribution in [0.4, 0.5) is 5.82 Å². The number of nitrogens with two attached hydrogens (primary N) is 1. The molecule has 4 N–H and O–H groups in total. The summed E-state index contributed by atoms with van der Waals surface area (Å²) in [6.45, 7) is 2.90. The summed E-state index contributed by atoms with van der Waals surface area (Å²) in [5.41, 5.74) is 6.01. The number of nitrogens with one attached hydrogen (secondary N) is 2. The fraction of sp³-hybridized carbons (Fsp3) is 0.636. The van der Waals surface area contributed by atoms with E-state index in [1.165, 1.54) is 19.0 Å². The Morgan fingerprint density at radius 3 is 3.24 bits per heavy atom. The maximum Gasteiger partial charge on any atom is 0.256 e. The number of hydrogen-bond donors (Lipinski definition) is 3. The molecule has 1 aliphatic rings. The number of rotatable bonds is 3. The molecule has 0 spiro atoms. The first-order chi connectivity index (χ1) is 8.16. The summed E-state index contributed by atoms with van der Waals surface area (Å²) < 4.78 is 0. The van der Waals surface area contributed by atoms with Crippen LogP contribution in [0.2, 0.25) is 0 Å². The molecule has 1 atom stereocenters. The Bertz CT molecular complexity index is 389. The number of nitrogen functional groups attached to an aromatic ring is 1. The van der Waals surface area contributed by atoms with Gasteiger partial charge in [0, 0.05) is 13.1 Å². The zero-order valence-corrected chi connectivity index (χ0v) is 10.1. The highest BCUT2D eigenvalue weighted by Gasteiger charge is 2.19. The Hall–Kier alpha value is -1.56. The average Bonchev–Trinajstić information content (AvgIpc) is 2.72.